The highest BCUT2D eigenvalue weighted by molar-refractivity contribution is 8.13. The van der Waals surface area contributed by atoms with Crippen molar-refractivity contribution in [1.82, 2.24) is 4.90 Å². The lowest BCUT2D eigenvalue weighted by atomic mass is 10.2. The minimum absolute atomic E-state index is 0.232. The largest absolute Gasteiger partial charge is 0.446 e. The van der Waals surface area contributed by atoms with Crippen molar-refractivity contribution in [2.75, 3.05) is 14.1 Å². The number of benzene rings is 1. The summed E-state index contributed by atoms with van der Waals surface area (Å²) < 4.78 is 1.35. The van der Waals surface area contributed by atoms with Crippen molar-refractivity contribution in [3.8, 4) is 0 Å². The number of fused-ring (bicyclic) bond motifs is 1. The molecule has 3 amide bonds. The molecule has 2 heterocycles. The van der Waals surface area contributed by atoms with Crippen LogP contribution in [0.5, 0.6) is 0 Å². The average Bonchev–Trinajstić information content (AvgIpc) is 2.95. The van der Waals surface area contributed by atoms with E-state index in [1.807, 2.05) is 6.92 Å². The maximum absolute atomic E-state index is 12.1. The first-order valence-electron chi connectivity index (χ1n) is 6.76. The molecule has 1 aromatic rings. The number of carbonyl (C=O) groups excluding carboxylic acids is 2. The number of amidine groups is 2. The second-order valence-corrected chi connectivity index (χ2v) is 6.10. The van der Waals surface area contributed by atoms with Gasteiger partial charge in [0, 0.05) is 5.75 Å². The van der Waals surface area contributed by atoms with Gasteiger partial charge in [0.2, 0.25) is 5.71 Å². The summed E-state index contributed by atoms with van der Waals surface area (Å²) in [7, 11) is 3.03. The first-order valence-corrected chi connectivity index (χ1v) is 7.74. The highest BCUT2D eigenvalue weighted by Crippen LogP contribution is 2.20. The molecule has 0 atom stereocenters. The van der Waals surface area contributed by atoms with E-state index in [9.17, 15) is 9.59 Å². The zero-order valence-corrected chi connectivity index (χ0v) is 13.3. The number of aliphatic imine (C=N–C) groups is 2. The standard InChI is InChI=1S/C15H15N4O2S/c1-9-4-6-10(7-5-9)8-22-14-16-11-12(17-14)18(2)15(21)19(3)13(11)20/h4-7H,8H2,1-3H3/q+1. The molecule has 22 heavy (non-hydrogen) atoms. The van der Waals surface area contributed by atoms with E-state index in [2.05, 4.69) is 34.3 Å². The lowest BCUT2D eigenvalue weighted by molar-refractivity contribution is -0.401. The maximum Gasteiger partial charge on any atom is 0.446 e. The van der Waals surface area contributed by atoms with Crippen molar-refractivity contribution in [2.24, 2.45) is 9.98 Å². The number of hydrogen-bond donors (Lipinski definition) is 0. The van der Waals surface area contributed by atoms with Gasteiger partial charge in [-0.05, 0) is 12.5 Å². The van der Waals surface area contributed by atoms with Crippen LogP contribution in [0.4, 0.5) is 4.79 Å². The summed E-state index contributed by atoms with van der Waals surface area (Å²) in [5, 5.41) is 0.508. The fourth-order valence-electron chi connectivity index (χ4n) is 2.15. The Hall–Kier alpha value is -2.28. The number of hydrogen-bond acceptors (Lipinski definition) is 5. The molecule has 7 heteroatoms. The van der Waals surface area contributed by atoms with Crippen LogP contribution < -0.4 is 0 Å². The third kappa shape index (κ3) is 2.48. The molecule has 0 aromatic heterocycles. The van der Waals surface area contributed by atoms with Crippen LogP contribution in [0.1, 0.15) is 11.1 Å². The van der Waals surface area contributed by atoms with Crippen molar-refractivity contribution in [2.45, 2.75) is 12.7 Å². The van der Waals surface area contributed by atoms with E-state index in [1.165, 1.54) is 28.9 Å². The van der Waals surface area contributed by atoms with E-state index < -0.39 is 11.9 Å². The summed E-state index contributed by atoms with van der Waals surface area (Å²) in [5.74, 6) is 0.637. The SMILES string of the molecule is Cc1ccc(CSC2=NC3=[N+](C)C(=O)N(C)C(=O)C3=N2)cc1. The predicted molar refractivity (Wildman–Crippen MR) is 86.7 cm³/mol. The van der Waals surface area contributed by atoms with Crippen LogP contribution in [-0.2, 0) is 10.5 Å². The van der Waals surface area contributed by atoms with Crippen LogP contribution in [0.3, 0.4) is 0 Å². The smallest absolute Gasteiger partial charge is 0.248 e. The van der Waals surface area contributed by atoms with Gasteiger partial charge in [-0.15, -0.1) is 0 Å². The van der Waals surface area contributed by atoms with Gasteiger partial charge in [-0.2, -0.15) is 14.5 Å². The number of amides is 3. The molecule has 0 N–H and O–H groups in total. The molecular formula is C15H15N4O2S+. The molecule has 0 spiro atoms. The number of urea groups is 1. The lowest BCUT2D eigenvalue weighted by Crippen LogP contribution is -2.51. The highest BCUT2D eigenvalue weighted by atomic mass is 32.2. The number of thioether (sulfide) groups is 1. The molecule has 0 saturated heterocycles. The Morgan fingerprint density at radius 2 is 1.86 bits per heavy atom. The monoisotopic (exact) mass is 315 g/mol. The van der Waals surface area contributed by atoms with Crippen molar-refractivity contribution < 1.29 is 14.2 Å². The summed E-state index contributed by atoms with van der Waals surface area (Å²) in [6.07, 6.45) is 0. The molecule has 112 valence electrons. The van der Waals surface area contributed by atoms with Gasteiger partial charge in [0.1, 0.15) is 0 Å². The molecule has 3 rings (SSSR count). The number of aryl methyl sites for hydroxylation is 1. The molecule has 2 aliphatic heterocycles. The van der Waals surface area contributed by atoms with Gasteiger partial charge in [0.05, 0.1) is 14.1 Å². The van der Waals surface area contributed by atoms with Crippen molar-refractivity contribution in [1.29, 1.82) is 0 Å². The Morgan fingerprint density at radius 1 is 1.18 bits per heavy atom. The number of nitrogens with zero attached hydrogens (tertiary/aromatic N) is 4. The molecule has 0 radical (unpaired) electrons. The fourth-order valence-corrected chi connectivity index (χ4v) is 2.94. The molecular weight excluding hydrogens is 300 g/mol. The van der Waals surface area contributed by atoms with E-state index in [-0.39, 0.29) is 5.71 Å². The fraction of sp³-hybridized carbons (Fsp3) is 0.267. The minimum Gasteiger partial charge on any atom is -0.248 e. The van der Waals surface area contributed by atoms with E-state index in [0.717, 1.165) is 10.5 Å². The first-order chi connectivity index (χ1) is 10.5. The zero-order chi connectivity index (χ0) is 15.9. The van der Waals surface area contributed by atoms with E-state index >= 15 is 0 Å². The summed E-state index contributed by atoms with van der Waals surface area (Å²) in [6.45, 7) is 2.04. The highest BCUT2D eigenvalue weighted by Gasteiger charge is 2.44. The van der Waals surface area contributed by atoms with Gasteiger partial charge in [-0.3, -0.25) is 0 Å². The van der Waals surface area contributed by atoms with Gasteiger partial charge < -0.3 is 0 Å². The molecule has 0 aliphatic carbocycles. The van der Waals surface area contributed by atoms with Crippen molar-refractivity contribution >= 4 is 40.4 Å². The summed E-state index contributed by atoms with van der Waals surface area (Å²) in [6, 6.07) is 7.82. The van der Waals surface area contributed by atoms with Gasteiger partial charge in [0.25, 0.3) is 5.17 Å². The summed E-state index contributed by atoms with van der Waals surface area (Å²) >= 11 is 1.45. The minimum atomic E-state index is -0.409. The van der Waals surface area contributed by atoms with E-state index in [0.29, 0.717) is 16.8 Å². The second kappa shape index (κ2) is 5.49. The molecule has 0 fully saturated rings. The second-order valence-electron chi connectivity index (χ2n) is 5.16. The van der Waals surface area contributed by atoms with Gasteiger partial charge >= 0.3 is 17.8 Å². The average molecular weight is 315 g/mol. The van der Waals surface area contributed by atoms with Gasteiger partial charge in [0.15, 0.2) is 0 Å². The number of imide groups is 1. The molecule has 6 nitrogen and oxygen atoms in total. The third-order valence-corrected chi connectivity index (χ3v) is 4.43. The molecule has 0 saturated carbocycles. The maximum atomic E-state index is 12.1. The van der Waals surface area contributed by atoms with E-state index in [1.54, 1.807) is 7.05 Å². The summed E-state index contributed by atoms with van der Waals surface area (Å²) in [5.41, 5.74) is 2.60. The first kappa shape index (κ1) is 14.6. The zero-order valence-electron chi connectivity index (χ0n) is 12.5. The van der Waals surface area contributed by atoms with Crippen LogP contribution in [0.25, 0.3) is 0 Å². The Kier molecular flexibility index (Phi) is 3.66. The molecule has 0 bridgehead atoms. The summed E-state index contributed by atoms with van der Waals surface area (Å²) in [4.78, 5) is 33.6. The van der Waals surface area contributed by atoms with Crippen LogP contribution in [0.2, 0.25) is 0 Å². The van der Waals surface area contributed by atoms with Crippen molar-refractivity contribution in [3.63, 3.8) is 0 Å². The van der Waals surface area contributed by atoms with Crippen LogP contribution >= 0.6 is 11.8 Å². The predicted octanol–water partition coefficient (Wildman–Crippen LogP) is 1.67. The quantitative estimate of drug-likeness (QED) is 0.780. The van der Waals surface area contributed by atoms with Crippen LogP contribution in [0, 0.1) is 6.92 Å². The normalized spacial score (nSPS) is 17.7. The molecule has 2 aliphatic rings. The van der Waals surface area contributed by atoms with Gasteiger partial charge in [-0.25, -0.2) is 9.59 Å². The topological polar surface area (TPSA) is 65.1 Å². The Bertz CT molecular complexity index is 762. The lowest BCUT2D eigenvalue weighted by Gasteiger charge is -2.15. The Morgan fingerprint density at radius 3 is 2.55 bits per heavy atom. The van der Waals surface area contributed by atoms with Crippen molar-refractivity contribution in [3.05, 3.63) is 35.4 Å². The van der Waals surface area contributed by atoms with Gasteiger partial charge in [-0.1, -0.05) is 46.6 Å². The number of rotatable bonds is 2. The van der Waals surface area contributed by atoms with Crippen LogP contribution in [-0.4, -0.2) is 52.2 Å². The number of carbonyl (C=O) groups is 2. The third-order valence-electron chi connectivity index (χ3n) is 3.51. The van der Waals surface area contributed by atoms with Crippen LogP contribution in [0.15, 0.2) is 34.3 Å². The molecule has 0 unspecified atom stereocenters. The van der Waals surface area contributed by atoms with E-state index in [4.69, 9.17) is 0 Å². The Labute approximate surface area is 132 Å². The Balaban J connectivity index is 1.80. The molecule has 1 aromatic carbocycles.